The molecule has 0 saturated heterocycles. The molecular weight excluding hydrogens is 262 g/mol. The van der Waals surface area contributed by atoms with Crippen LogP contribution in [0.15, 0.2) is 48.5 Å². The number of carbonyl (C=O) groups excluding carboxylic acids is 1. The standard InChI is InChI=1S/C17H17N3O/c1-20(16-4-2-3-14(11-16)12-19)17(21)15-7-5-13(6-8-15)9-10-18/h2-8,11H,9-10,18H2,1H3. The van der Waals surface area contributed by atoms with Crippen LogP contribution in [0, 0.1) is 11.3 Å². The van der Waals surface area contributed by atoms with Crippen molar-refractivity contribution in [1.82, 2.24) is 0 Å². The molecule has 0 aromatic heterocycles. The smallest absolute Gasteiger partial charge is 0.258 e. The molecular formula is C17H17N3O. The Morgan fingerprint density at radius 3 is 2.57 bits per heavy atom. The molecule has 0 aliphatic rings. The summed E-state index contributed by atoms with van der Waals surface area (Å²) in [6.45, 7) is 0.591. The van der Waals surface area contributed by atoms with Crippen LogP contribution in [0.1, 0.15) is 21.5 Å². The van der Waals surface area contributed by atoms with Gasteiger partial charge in [0.05, 0.1) is 11.6 Å². The predicted molar refractivity (Wildman–Crippen MR) is 83.1 cm³/mol. The molecule has 0 aliphatic heterocycles. The van der Waals surface area contributed by atoms with Gasteiger partial charge in [-0.1, -0.05) is 18.2 Å². The minimum Gasteiger partial charge on any atom is -0.330 e. The number of hydrogen-bond acceptors (Lipinski definition) is 3. The fourth-order valence-electron chi connectivity index (χ4n) is 2.08. The van der Waals surface area contributed by atoms with Crippen LogP contribution in [0.4, 0.5) is 5.69 Å². The van der Waals surface area contributed by atoms with Gasteiger partial charge in [0.1, 0.15) is 0 Å². The van der Waals surface area contributed by atoms with Gasteiger partial charge in [0, 0.05) is 18.3 Å². The summed E-state index contributed by atoms with van der Waals surface area (Å²) in [7, 11) is 1.70. The zero-order chi connectivity index (χ0) is 15.2. The Morgan fingerprint density at radius 2 is 1.95 bits per heavy atom. The second kappa shape index (κ2) is 6.69. The molecule has 4 nitrogen and oxygen atoms in total. The highest BCUT2D eigenvalue weighted by Gasteiger charge is 2.13. The summed E-state index contributed by atoms with van der Waals surface area (Å²) in [4.78, 5) is 14.0. The van der Waals surface area contributed by atoms with Crippen LogP contribution in [-0.4, -0.2) is 19.5 Å². The van der Waals surface area contributed by atoms with Crippen molar-refractivity contribution >= 4 is 11.6 Å². The van der Waals surface area contributed by atoms with Crippen molar-refractivity contribution in [3.8, 4) is 6.07 Å². The van der Waals surface area contributed by atoms with E-state index < -0.39 is 0 Å². The fourth-order valence-corrected chi connectivity index (χ4v) is 2.08. The van der Waals surface area contributed by atoms with Gasteiger partial charge in [0.15, 0.2) is 0 Å². The predicted octanol–water partition coefficient (Wildman–Crippen LogP) is 2.34. The monoisotopic (exact) mass is 279 g/mol. The number of amides is 1. The quantitative estimate of drug-likeness (QED) is 0.933. The average Bonchev–Trinajstić information content (AvgIpc) is 2.54. The molecule has 106 valence electrons. The van der Waals surface area contributed by atoms with Crippen LogP contribution in [-0.2, 0) is 6.42 Å². The first kappa shape index (κ1) is 14.8. The minimum absolute atomic E-state index is 0.107. The maximum Gasteiger partial charge on any atom is 0.258 e. The van der Waals surface area contributed by atoms with E-state index in [-0.39, 0.29) is 5.91 Å². The molecule has 2 aromatic carbocycles. The van der Waals surface area contributed by atoms with Gasteiger partial charge in [-0.2, -0.15) is 5.26 Å². The Labute approximate surface area is 124 Å². The summed E-state index contributed by atoms with van der Waals surface area (Å²) in [6.07, 6.45) is 0.800. The molecule has 0 saturated carbocycles. The second-order valence-electron chi connectivity index (χ2n) is 4.76. The van der Waals surface area contributed by atoms with Crippen LogP contribution in [0.3, 0.4) is 0 Å². The number of benzene rings is 2. The van der Waals surface area contributed by atoms with Crippen molar-refractivity contribution in [2.24, 2.45) is 5.73 Å². The third kappa shape index (κ3) is 3.47. The Morgan fingerprint density at radius 1 is 1.24 bits per heavy atom. The summed E-state index contributed by atoms with van der Waals surface area (Å²) in [5.41, 5.74) is 8.47. The molecule has 2 N–H and O–H groups in total. The maximum atomic E-state index is 12.4. The normalized spacial score (nSPS) is 9.95. The van der Waals surface area contributed by atoms with Gasteiger partial charge in [-0.05, 0) is 48.9 Å². The van der Waals surface area contributed by atoms with E-state index in [0.717, 1.165) is 12.0 Å². The maximum absolute atomic E-state index is 12.4. The molecule has 2 aromatic rings. The first-order chi connectivity index (χ1) is 10.2. The Kier molecular flexibility index (Phi) is 4.70. The zero-order valence-electron chi connectivity index (χ0n) is 11.9. The summed E-state index contributed by atoms with van der Waals surface area (Å²) in [5, 5.41) is 8.92. The lowest BCUT2D eigenvalue weighted by molar-refractivity contribution is 0.0993. The molecule has 0 radical (unpaired) electrons. The summed E-state index contributed by atoms with van der Waals surface area (Å²) >= 11 is 0. The van der Waals surface area contributed by atoms with Gasteiger partial charge in [-0.3, -0.25) is 4.79 Å². The van der Waals surface area contributed by atoms with Crippen LogP contribution in [0.5, 0.6) is 0 Å². The van der Waals surface area contributed by atoms with E-state index in [0.29, 0.717) is 23.4 Å². The summed E-state index contributed by atoms with van der Waals surface area (Å²) in [6, 6.07) is 16.5. The van der Waals surface area contributed by atoms with E-state index >= 15 is 0 Å². The fraction of sp³-hybridized carbons (Fsp3) is 0.176. The number of carbonyl (C=O) groups is 1. The van der Waals surface area contributed by atoms with Crippen molar-refractivity contribution < 1.29 is 4.79 Å². The third-order valence-electron chi connectivity index (χ3n) is 3.30. The number of nitriles is 1. The Bertz CT molecular complexity index is 671. The van der Waals surface area contributed by atoms with E-state index in [4.69, 9.17) is 11.0 Å². The number of rotatable bonds is 4. The minimum atomic E-state index is -0.107. The van der Waals surface area contributed by atoms with Crippen LogP contribution in [0.2, 0.25) is 0 Å². The number of hydrogen-bond donors (Lipinski definition) is 1. The van der Waals surface area contributed by atoms with Gasteiger partial charge >= 0.3 is 0 Å². The third-order valence-corrected chi connectivity index (χ3v) is 3.30. The van der Waals surface area contributed by atoms with E-state index in [1.54, 1.807) is 42.3 Å². The molecule has 2 rings (SSSR count). The molecule has 0 heterocycles. The van der Waals surface area contributed by atoms with E-state index in [1.807, 2.05) is 18.2 Å². The van der Waals surface area contributed by atoms with Gasteiger partial charge in [0.25, 0.3) is 5.91 Å². The number of nitrogens with two attached hydrogens (primary N) is 1. The van der Waals surface area contributed by atoms with Crippen molar-refractivity contribution in [2.75, 3.05) is 18.5 Å². The largest absolute Gasteiger partial charge is 0.330 e. The van der Waals surface area contributed by atoms with Crippen molar-refractivity contribution in [3.63, 3.8) is 0 Å². The molecule has 1 amide bonds. The number of nitrogens with zero attached hydrogens (tertiary/aromatic N) is 2. The first-order valence-electron chi connectivity index (χ1n) is 6.73. The molecule has 0 bridgehead atoms. The zero-order valence-corrected chi connectivity index (χ0v) is 11.9. The summed E-state index contributed by atoms with van der Waals surface area (Å²) in [5.74, 6) is -0.107. The van der Waals surface area contributed by atoms with Crippen LogP contribution < -0.4 is 10.6 Å². The van der Waals surface area contributed by atoms with Gasteiger partial charge in [-0.15, -0.1) is 0 Å². The number of anilines is 1. The van der Waals surface area contributed by atoms with E-state index in [9.17, 15) is 4.79 Å². The highest BCUT2D eigenvalue weighted by Crippen LogP contribution is 2.17. The van der Waals surface area contributed by atoms with Gasteiger partial charge in [0.2, 0.25) is 0 Å². The van der Waals surface area contributed by atoms with Gasteiger partial charge < -0.3 is 10.6 Å². The molecule has 0 fully saturated rings. The lowest BCUT2D eigenvalue weighted by Crippen LogP contribution is -2.26. The summed E-state index contributed by atoms with van der Waals surface area (Å²) < 4.78 is 0. The molecule has 0 atom stereocenters. The SMILES string of the molecule is CN(C(=O)c1ccc(CCN)cc1)c1cccc(C#N)c1. The Hall–Kier alpha value is -2.64. The topological polar surface area (TPSA) is 70.1 Å². The molecule has 0 spiro atoms. The van der Waals surface area contributed by atoms with E-state index in [2.05, 4.69) is 6.07 Å². The van der Waals surface area contributed by atoms with Crippen molar-refractivity contribution in [1.29, 1.82) is 5.26 Å². The van der Waals surface area contributed by atoms with Crippen molar-refractivity contribution in [3.05, 3.63) is 65.2 Å². The van der Waals surface area contributed by atoms with Crippen molar-refractivity contribution in [2.45, 2.75) is 6.42 Å². The lowest BCUT2D eigenvalue weighted by Gasteiger charge is -2.17. The molecule has 4 heteroatoms. The van der Waals surface area contributed by atoms with E-state index in [1.165, 1.54) is 0 Å². The highest BCUT2D eigenvalue weighted by molar-refractivity contribution is 6.05. The molecule has 0 unspecified atom stereocenters. The van der Waals surface area contributed by atoms with Crippen LogP contribution in [0.25, 0.3) is 0 Å². The lowest BCUT2D eigenvalue weighted by atomic mass is 10.1. The Balaban J connectivity index is 2.20. The average molecular weight is 279 g/mol. The first-order valence-corrected chi connectivity index (χ1v) is 6.73. The van der Waals surface area contributed by atoms with Crippen LogP contribution >= 0.6 is 0 Å². The second-order valence-corrected chi connectivity index (χ2v) is 4.76. The van der Waals surface area contributed by atoms with Gasteiger partial charge in [-0.25, -0.2) is 0 Å². The highest BCUT2D eigenvalue weighted by atomic mass is 16.2. The molecule has 0 aliphatic carbocycles. The molecule has 21 heavy (non-hydrogen) atoms.